The fourth-order valence-corrected chi connectivity index (χ4v) is 10.3. The molecule has 0 fully saturated rings. The third-order valence-electron chi connectivity index (χ3n) is 8.06. The van der Waals surface area contributed by atoms with Crippen molar-refractivity contribution in [1.29, 1.82) is 0 Å². The summed E-state index contributed by atoms with van der Waals surface area (Å²) in [7, 11) is -6.89. The number of aromatic nitrogens is 1. The normalized spacial score (nSPS) is 10.5. The van der Waals surface area contributed by atoms with E-state index in [1.807, 2.05) is 24.4 Å². The predicted octanol–water partition coefficient (Wildman–Crippen LogP) is 11.2. The van der Waals surface area contributed by atoms with Gasteiger partial charge in [-0.15, -0.1) is 5.56 Å². The Morgan fingerprint density at radius 2 is 0.661 bits per heavy atom. The van der Waals surface area contributed by atoms with Gasteiger partial charge in [-0.05, 0) is 65.3 Å². The number of rotatable bonds is 7. The average molecular weight is 963 g/mol. The predicted molar refractivity (Wildman–Crippen MR) is 233 cm³/mol. The Labute approximate surface area is 344 Å². The second-order valence-corrected chi connectivity index (χ2v) is 16.5. The minimum absolute atomic E-state index is 0. The fourth-order valence-electron chi connectivity index (χ4n) is 5.72. The Morgan fingerprint density at radius 1 is 0.429 bits per heavy atom. The molecule has 1 heterocycles. The molecule has 1 aromatic heterocycles. The average Bonchev–Trinajstić information content (AvgIpc) is 3.66. The van der Waals surface area contributed by atoms with Crippen LogP contribution in [0, 0.1) is 6.92 Å². The van der Waals surface area contributed by atoms with Crippen LogP contribution in [0.25, 0.3) is 16.5 Å². The van der Waals surface area contributed by atoms with Gasteiger partial charge in [0.05, 0.1) is 0 Å². The molecule has 0 spiro atoms. The molecule has 0 aliphatic carbocycles. The van der Waals surface area contributed by atoms with Crippen LogP contribution in [0.3, 0.4) is 0 Å². The van der Waals surface area contributed by atoms with E-state index in [4.69, 9.17) is 0 Å². The summed E-state index contributed by atoms with van der Waals surface area (Å²) in [6, 6.07) is 72.8. The molecule has 56 heavy (non-hydrogen) atoms. The Kier molecular flexibility index (Phi) is 17.6. The van der Waals surface area contributed by atoms with Crippen LogP contribution in [0.1, 0.15) is 5.56 Å². The van der Waals surface area contributed by atoms with Crippen LogP contribution in [0.2, 0.25) is 0 Å². The number of fused-ring (bicyclic) bond motifs is 1. The summed E-state index contributed by atoms with van der Waals surface area (Å²) in [5.41, 5.74) is 3.09. The molecule has 1 N–H and O–H groups in total. The van der Waals surface area contributed by atoms with Gasteiger partial charge in [0.15, 0.2) is 0 Å². The van der Waals surface area contributed by atoms with E-state index in [2.05, 4.69) is 207 Å². The fraction of sp³-hybridized carbons (Fsp3) is 0. The summed E-state index contributed by atoms with van der Waals surface area (Å²) >= 11 is 0. The molecule has 0 bridgehead atoms. The second kappa shape index (κ2) is 22.5. The molecular formula is C47H40BF4NP2Pt. The zero-order valence-corrected chi connectivity index (χ0v) is 34.5. The van der Waals surface area contributed by atoms with E-state index in [1.54, 1.807) is 0 Å². The van der Waals surface area contributed by atoms with Crippen LogP contribution in [0.4, 0.5) is 17.3 Å². The van der Waals surface area contributed by atoms with Gasteiger partial charge in [0.2, 0.25) is 0 Å². The van der Waals surface area contributed by atoms with E-state index in [9.17, 15) is 17.3 Å². The number of para-hydroxylation sites is 1. The minimum Gasteiger partial charge on any atom is -0.418 e. The van der Waals surface area contributed by atoms with Crippen molar-refractivity contribution in [3.63, 3.8) is 0 Å². The number of halogens is 4. The molecule has 8 rings (SSSR count). The maximum Gasteiger partial charge on any atom is 2.00 e. The van der Waals surface area contributed by atoms with Gasteiger partial charge in [0.1, 0.15) is 0 Å². The van der Waals surface area contributed by atoms with E-state index in [0.29, 0.717) is 0 Å². The molecule has 0 aliphatic rings. The number of aromatic amines is 1. The molecule has 0 aliphatic heterocycles. The number of hydrogen-bond donors (Lipinski definition) is 1. The molecule has 8 aromatic rings. The van der Waals surface area contributed by atoms with Crippen molar-refractivity contribution in [2.45, 2.75) is 0 Å². The van der Waals surface area contributed by atoms with Crippen molar-refractivity contribution in [2.75, 3.05) is 0 Å². The summed E-state index contributed by atoms with van der Waals surface area (Å²) in [5, 5.41) is 9.58. The van der Waals surface area contributed by atoms with E-state index in [1.165, 1.54) is 37.2 Å². The Bertz CT molecular complexity index is 1980. The van der Waals surface area contributed by atoms with Crippen LogP contribution in [-0.2, 0) is 21.1 Å². The molecule has 9 heteroatoms. The van der Waals surface area contributed by atoms with Gasteiger partial charge in [-0.1, -0.05) is 200 Å². The molecule has 0 saturated heterocycles. The SMILES string of the molecule is C=C([CH2-])c1c[nH]c2ccccc12.F[B-](F)(F)F.[Pt+2].c1ccc(P(c2ccccc2)c2ccccc2)cc1.c1ccc(P(c2ccccc2)c2ccccc2)cc1. The van der Waals surface area contributed by atoms with Crippen molar-refractivity contribution in [2.24, 2.45) is 0 Å². The van der Waals surface area contributed by atoms with Crippen molar-refractivity contribution in [3.05, 3.63) is 232 Å². The maximum absolute atomic E-state index is 9.75. The van der Waals surface area contributed by atoms with Crippen LogP contribution in [-0.4, -0.2) is 12.2 Å². The van der Waals surface area contributed by atoms with Crippen molar-refractivity contribution < 1.29 is 38.3 Å². The molecular weight excluding hydrogens is 922 g/mol. The van der Waals surface area contributed by atoms with Gasteiger partial charge in [-0.3, -0.25) is 0 Å². The number of allylic oxidation sites excluding steroid dienone is 1. The smallest absolute Gasteiger partial charge is 0.418 e. The number of hydrogen-bond acceptors (Lipinski definition) is 0. The van der Waals surface area contributed by atoms with Gasteiger partial charge in [0.25, 0.3) is 0 Å². The largest absolute Gasteiger partial charge is 2.00 e. The number of benzene rings is 7. The minimum atomic E-state index is -6.00. The monoisotopic (exact) mass is 962 g/mol. The first kappa shape index (κ1) is 43.7. The molecule has 0 saturated carbocycles. The topological polar surface area (TPSA) is 15.8 Å². The maximum atomic E-state index is 9.75. The number of H-pyrrole nitrogens is 1. The number of nitrogens with one attached hydrogen (secondary N) is 1. The van der Waals surface area contributed by atoms with E-state index in [0.717, 1.165) is 16.7 Å². The molecule has 0 unspecified atom stereocenters. The first-order valence-electron chi connectivity index (χ1n) is 17.5. The van der Waals surface area contributed by atoms with E-state index < -0.39 is 23.1 Å². The van der Waals surface area contributed by atoms with Gasteiger partial charge in [-0.25, -0.2) is 0 Å². The molecule has 7 aromatic carbocycles. The zero-order chi connectivity index (χ0) is 38.9. The first-order chi connectivity index (χ1) is 26.7. The molecule has 1 nitrogen and oxygen atoms in total. The van der Waals surface area contributed by atoms with Crippen molar-refractivity contribution in [3.8, 4) is 0 Å². The Morgan fingerprint density at radius 3 is 0.911 bits per heavy atom. The summed E-state index contributed by atoms with van der Waals surface area (Å²) in [5.74, 6) is 0. The third-order valence-corrected chi connectivity index (χ3v) is 12.9. The van der Waals surface area contributed by atoms with Crippen LogP contribution in [0.15, 0.2) is 219 Å². The quantitative estimate of drug-likeness (QED) is 0.0709. The standard InChI is InChI=1S/2C18H15P.C11H10N.BF4.Pt/c2*1-4-10-16(11-5-1)19(17-12-6-2-7-13-17)18-14-8-3-9-15-18;1-8(2)10-7-12-11-6-4-3-5-9(10)11;2-1(3,4)5;/h2*1-15H;3-7,12H,1-2H2;;/q;;2*-1;+2. The van der Waals surface area contributed by atoms with Gasteiger partial charge >= 0.3 is 28.3 Å². The van der Waals surface area contributed by atoms with Crippen LogP contribution in [0.5, 0.6) is 0 Å². The van der Waals surface area contributed by atoms with Gasteiger partial charge < -0.3 is 22.2 Å². The van der Waals surface area contributed by atoms with E-state index in [-0.39, 0.29) is 21.1 Å². The van der Waals surface area contributed by atoms with Crippen LogP contribution >= 0.6 is 15.8 Å². The van der Waals surface area contributed by atoms with Crippen molar-refractivity contribution in [1.82, 2.24) is 4.98 Å². The molecule has 0 radical (unpaired) electrons. The Hall–Kier alpha value is -4.98. The van der Waals surface area contributed by atoms with Crippen molar-refractivity contribution >= 4 is 71.4 Å². The summed E-state index contributed by atoms with van der Waals surface area (Å²) in [6.07, 6.45) is 1.94. The molecule has 284 valence electrons. The zero-order valence-electron chi connectivity index (χ0n) is 30.4. The van der Waals surface area contributed by atoms with Gasteiger partial charge in [-0.2, -0.15) is 19.1 Å². The first-order valence-corrected chi connectivity index (χ1v) is 20.2. The second-order valence-electron chi connectivity index (χ2n) is 12.0. The van der Waals surface area contributed by atoms with Gasteiger partial charge in [0, 0.05) is 5.52 Å². The third kappa shape index (κ3) is 13.6. The summed E-state index contributed by atoms with van der Waals surface area (Å²) in [4.78, 5) is 3.17. The summed E-state index contributed by atoms with van der Waals surface area (Å²) in [6.45, 7) is 7.63. The van der Waals surface area contributed by atoms with E-state index >= 15 is 0 Å². The molecule has 0 atom stereocenters. The van der Waals surface area contributed by atoms with Crippen LogP contribution < -0.4 is 31.8 Å². The Balaban J connectivity index is 0.000000178. The molecule has 0 amide bonds. The summed E-state index contributed by atoms with van der Waals surface area (Å²) < 4.78 is 39.0.